The summed E-state index contributed by atoms with van der Waals surface area (Å²) in [6, 6.07) is 0. The fraction of sp³-hybridized carbons (Fsp3) is 0.500. The highest BCUT2D eigenvalue weighted by Gasteiger charge is 2.43. The van der Waals surface area contributed by atoms with Gasteiger partial charge >= 0.3 is 0 Å². The van der Waals surface area contributed by atoms with Crippen LogP contribution in [0.25, 0.3) is 11.2 Å². The van der Waals surface area contributed by atoms with Gasteiger partial charge in [0.2, 0.25) is 0 Å². The number of anilines is 1. The fourth-order valence-corrected chi connectivity index (χ4v) is 2.48. The molecule has 8 nitrogen and oxygen atoms in total. The van der Waals surface area contributed by atoms with Gasteiger partial charge < -0.3 is 20.7 Å². The second-order valence-corrected chi connectivity index (χ2v) is 4.77. The molecule has 4 atom stereocenters. The van der Waals surface area contributed by atoms with Crippen molar-refractivity contribution in [3.05, 3.63) is 12.7 Å². The van der Waals surface area contributed by atoms with Crippen molar-refractivity contribution in [2.45, 2.75) is 23.8 Å². The second-order valence-electron chi connectivity index (χ2n) is 4.27. The lowest BCUT2D eigenvalue weighted by molar-refractivity contribution is -0.0431. The molecule has 0 radical (unpaired) electrons. The number of aliphatic hydroxyl groups is 2. The molecule has 0 amide bonds. The Bertz CT molecular complexity index is 606. The smallest absolute Gasteiger partial charge is 0.167 e. The average molecular weight is 286 g/mol. The third-order valence-corrected chi connectivity index (χ3v) is 3.61. The summed E-state index contributed by atoms with van der Waals surface area (Å²) in [6.45, 7) is -0.315. The van der Waals surface area contributed by atoms with Gasteiger partial charge in [0, 0.05) is 0 Å². The van der Waals surface area contributed by atoms with E-state index >= 15 is 0 Å². The van der Waals surface area contributed by atoms with E-state index in [4.69, 9.17) is 27.2 Å². The summed E-state index contributed by atoms with van der Waals surface area (Å²) >= 11 is 6.12. The zero-order valence-electron chi connectivity index (χ0n) is 9.72. The molecular weight excluding hydrogens is 274 g/mol. The van der Waals surface area contributed by atoms with E-state index in [9.17, 15) is 5.11 Å². The molecule has 0 saturated carbocycles. The Labute approximate surface area is 112 Å². The largest absolute Gasteiger partial charge is 0.394 e. The molecule has 19 heavy (non-hydrogen) atoms. The molecular formula is C10H12ClN5O3. The summed E-state index contributed by atoms with van der Waals surface area (Å²) in [5.41, 5.74) is 6.60. The fourth-order valence-electron chi connectivity index (χ4n) is 2.13. The molecule has 1 aliphatic heterocycles. The SMILES string of the molecule is Nc1ncnc2c1ncn2[C@@H]1O[C@H](CO)[C@@H](O)C1Cl. The Morgan fingerprint density at radius 2 is 2.21 bits per heavy atom. The highest BCUT2D eigenvalue weighted by Crippen LogP contribution is 2.35. The summed E-state index contributed by atoms with van der Waals surface area (Å²) in [4.78, 5) is 12.0. The average Bonchev–Trinajstić information content (AvgIpc) is 2.94. The quantitative estimate of drug-likeness (QED) is 0.622. The van der Waals surface area contributed by atoms with Crippen molar-refractivity contribution >= 4 is 28.6 Å². The predicted molar refractivity (Wildman–Crippen MR) is 66.4 cm³/mol. The molecule has 4 N–H and O–H groups in total. The number of hydrogen-bond acceptors (Lipinski definition) is 7. The molecule has 0 aliphatic carbocycles. The Morgan fingerprint density at radius 3 is 2.89 bits per heavy atom. The maximum Gasteiger partial charge on any atom is 0.167 e. The lowest BCUT2D eigenvalue weighted by Crippen LogP contribution is -2.29. The van der Waals surface area contributed by atoms with Crippen molar-refractivity contribution in [3.8, 4) is 0 Å². The van der Waals surface area contributed by atoms with Crippen LogP contribution in [0.15, 0.2) is 12.7 Å². The number of nitrogen functional groups attached to an aromatic ring is 1. The molecule has 0 bridgehead atoms. The Kier molecular flexibility index (Phi) is 3.02. The molecule has 9 heteroatoms. The van der Waals surface area contributed by atoms with Gasteiger partial charge in [-0.05, 0) is 0 Å². The van der Waals surface area contributed by atoms with Gasteiger partial charge in [0.25, 0.3) is 0 Å². The molecule has 3 rings (SSSR count). The van der Waals surface area contributed by atoms with E-state index < -0.39 is 23.8 Å². The minimum absolute atomic E-state index is 0.257. The number of aromatic nitrogens is 4. The van der Waals surface area contributed by atoms with Crippen molar-refractivity contribution in [3.63, 3.8) is 0 Å². The van der Waals surface area contributed by atoms with Crippen LogP contribution >= 0.6 is 11.6 Å². The summed E-state index contributed by atoms with van der Waals surface area (Å²) in [5.74, 6) is 0.257. The van der Waals surface area contributed by atoms with Gasteiger partial charge in [-0.1, -0.05) is 0 Å². The number of fused-ring (bicyclic) bond motifs is 1. The van der Waals surface area contributed by atoms with Crippen molar-refractivity contribution in [1.29, 1.82) is 0 Å². The first-order chi connectivity index (χ1) is 9.13. The maximum absolute atomic E-state index is 9.85. The number of aliphatic hydroxyl groups excluding tert-OH is 2. The number of halogens is 1. The van der Waals surface area contributed by atoms with E-state index in [1.54, 1.807) is 4.57 Å². The standard InChI is InChI=1S/C10H12ClN5O3/c11-5-7(18)4(1-17)19-10(5)16-3-15-6-8(12)13-2-14-9(6)16/h2-5,7,10,17-18H,1H2,(H2,12,13,14)/t4-,5?,7-,10-/m1/s1. The van der Waals surface area contributed by atoms with Crippen LogP contribution in [-0.4, -0.2) is 53.9 Å². The number of ether oxygens (including phenoxy) is 1. The first-order valence-corrected chi connectivity index (χ1v) is 6.08. The summed E-state index contributed by atoms with van der Waals surface area (Å²) in [7, 11) is 0. The lowest BCUT2D eigenvalue weighted by Gasteiger charge is -2.15. The topological polar surface area (TPSA) is 119 Å². The number of alkyl halides is 1. The molecule has 0 aromatic carbocycles. The third kappa shape index (κ3) is 1.84. The van der Waals surface area contributed by atoms with Gasteiger partial charge in [0.15, 0.2) is 17.7 Å². The monoisotopic (exact) mass is 285 g/mol. The normalized spacial score (nSPS) is 31.1. The van der Waals surface area contributed by atoms with E-state index in [1.165, 1.54) is 12.7 Å². The minimum atomic E-state index is -0.965. The summed E-state index contributed by atoms with van der Waals surface area (Å²) in [5, 5.41) is 18.2. The van der Waals surface area contributed by atoms with Gasteiger partial charge in [-0.3, -0.25) is 4.57 Å². The van der Waals surface area contributed by atoms with Gasteiger partial charge in [0.05, 0.1) is 12.9 Å². The second kappa shape index (κ2) is 4.57. The highest BCUT2D eigenvalue weighted by molar-refractivity contribution is 6.21. The molecule has 2 aromatic heterocycles. The van der Waals surface area contributed by atoms with Gasteiger partial charge in [-0.25, -0.2) is 15.0 Å². The first-order valence-electron chi connectivity index (χ1n) is 5.65. The van der Waals surface area contributed by atoms with Crippen molar-refractivity contribution in [2.24, 2.45) is 0 Å². The molecule has 3 heterocycles. The number of imidazole rings is 1. The molecule has 1 fully saturated rings. The van der Waals surface area contributed by atoms with E-state index in [0.717, 1.165) is 0 Å². The third-order valence-electron chi connectivity index (χ3n) is 3.13. The minimum Gasteiger partial charge on any atom is -0.394 e. The lowest BCUT2D eigenvalue weighted by atomic mass is 10.2. The Balaban J connectivity index is 2.04. The molecule has 2 aromatic rings. The molecule has 1 saturated heterocycles. The van der Waals surface area contributed by atoms with Crippen molar-refractivity contribution < 1.29 is 14.9 Å². The Morgan fingerprint density at radius 1 is 1.42 bits per heavy atom. The van der Waals surface area contributed by atoms with E-state index in [2.05, 4.69) is 15.0 Å². The van der Waals surface area contributed by atoms with Crippen molar-refractivity contribution in [1.82, 2.24) is 19.5 Å². The van der Waals surface area contributed by atoms with Crippen LogP contribution in [0.5, 0.6) is 0 Å². The molecule has 102 valence electrons. The first kappa shape index (κ1) is 12.5. The maximum atomic E-state index is 9.85. The van der Waals surface area contributed by atoms with Crippen molar-refractivity contribution in [2.75, 3.05) is 12.3 Å². The van der Waals surface area contributed by atoms with Crippen LogP contribution in [0.3, 0.4) is 0 Å². The van der Waals surface area contributed by atoms with Gasteiger partial charge in [-0.2, -0.15) is 0 Å². The van der Waals surface area contributed by atoms with Crippen LogP contribution in [0.2, 0.25) is 0 Å². The predicted octanol–water partition coefficient (Wildman–Crippen LogP) is -0.734. The number of nitrogens with zero attached hydrogens (tertiary/aromatic N) is 4. The van der Waals surface area contributed by atoms with Gasteiger partial charge in [0.1, 0.15) is 29.4 Å². The van der Waals surface area contributed by atoms with Crippen LogP contribution < -0.4 is 5.73 Å². The zero-order chi connectivity index (χ0) is 13.6. The summed E-state index contributed by atoms with van der Waals surface area (Å²) in [6.07, 6.45) is 0.418. The zero-order valence-corrected chi connectivity index (χ0v) is 10.5. The van der Waals surface area contributed by atoms with E-state index in [-0.39, 0.29) is 12.4 Å². The van der Waals surface area contributed by atoms with Crippen LogP contribution in [-0.2, 0) is 4.74 Å². The molecule has 1 unspecified atom stereocenters. The Hall–Kier alpha value is -1.48. The molecule has 1 aliphatic rings. The van der Waals surface area contributed by atoms with Crippen LogP contribution in [0, 0.1) is 0 Å². The highest BCUT2D eigenvalue weighted by atomic mass is 35.5. The number of hydrogen-bond donors (Lipinski definition) is 3. The van der Waals surface area contributed by atoms with Gasteiger partial charge in [-0.15, -0.1) is 11.6 Å². The summed E-state index contributed by atoms with van der Waals surface area (Å²) < 4.78 is 7.09. The van der Waals surface area contributed by atoms with E-state index in [1.807, 2.05) is 0 Å². The number of nitrogens with two attached hydrogens (primary N) is 1. The van der Waals surface area contributed by atoms with Crippen LogP contribution in [0.4, 0.5) is 5.82 Å². The van der Waals surface area contributed by atoms with Crippen LogP contribution in [0.1, 0.15) is 6.23 Å². The molecule has 0 spiro atoms. The number of rotatable bonds is 2. The van der Waals surface area contributed by atoms with E-state index in [0.29, 0.717) is 11.2 Å².